The van der Waals surface area contributed by atoms with Crippen LogP contribution in [-0.4, -0.2) is 22.9 Å². The van der Waals surface area contributed by atoms with Gasteiger partial charge >= 0.3 is 5.97 Å². The third-order valence-corrected chi connectivity index (χ3v) is 3.23. The lowest BCUT2D eigenvalue weighted by Gasteiger charge is -2.08. The summed E-state index contributed by atoms with van der Waals surface area (Å²) in [6.07, 6.45) is 0. The molecular formula is C15H14N2O4. The molecule has 0 amide bonds. The molecule has 1 aliphatic rings. The van der Waals surface area contributed by atoms with Gasteiger partial charge in [0.25, 0.3) is 0 Å². The highest BCUT2D eigenvalue weighted by atomic mass is 16.7. The maximum absolute atomic E-state index is 10.9. The van der Waals surface area contributed by atoms with Crippen molar-refractivity contribution in [3.05, 3.63) is 47.2 Å². The van der Waals surface area contributed by atoms with E-state index < -0.39 is 5.97 Å². The van der Waals surface area contributed by atoms with Crippen molar-refractivity contribution in [1.82, 2.24) is 4.98 Å². The van der Waals surface area contributed by atoms with Crippen LogP contribution < -0.4 is 14.8 Å². The largest absolute Gasteiger partial charge is 0.478 e. The van der Waals surface area contributed by atoms with Crippen molar-refractivity contribution in [2.75, 3.05) is 12.1 Å². The van der Waals surface area contributed by atoms with Crippen LogP contribution in [0.15, 0.2) is 30.3 Å². The van der Waals surface area contributed by atoms with E-state index in [1.807, 2.05) is 18.2 Å². The minimum absolute atomic E-state index is 0.212. The summed E-state index contributed by atoms with van der Waals surface area (Å²) >= 11 is 0. The molecule has 0 unspecified atom stereocenters. The Bertz CT molecular complexity index is 700. The molecule has 2 N–H and O–H groups in total. The molecule has 3 rings (SSSR count). The zero-order chi connectivity index (χ0) is 14.8. The molecule has 2 aromatic rings. The lowest BCUT2D eigenvalue weighted by Crippen LogP contribution is -2.06. The number of fused-ring (bicyclic) bond motifs is 1. The summed E-state index contributed by atoms with van der Waals surface area (Å²) in [5.41, 5.74) is 1.72. The third-order valence-electron chi connectivity index (χ3n) is 3.23. The van der Waals surface area contributed by atoms with Crippen molar-refractivity contribution in [3.63, 3.8) is 0 Å². The minimum Gasteiger partial charge on any atom is -0.478 e. The molecule has 2 heterocycles. The number of hydrogen-bond donors (Lipinski definition) is 2. The molecule has 0 fully saturated rings. The molecule has 0 bridgehead atoms. The van der Waals surface area contributed by atoms with Crippen molar-refractivity contribution in [1.29, 1.82) is 0 Å². The number of aryl methyl sites for hydroxylation is 1. The van der Waals surface area contributed by atoms with Gasteiger partial charge in [-0.25, -0.2) is 9.78 Å². The quantitative estimate of drug-likeness (QED) is 0.898. The van der Waals surface area contributed by atoms with Crippen LogP contribution in [0.3, 0.4) is 0 Å². The molecule has 0 spiro atoms. The summed E-state index contributed by atoms with van der Waals surface area (Å²) in [4.78, 5) is 15.2. The Morgan fingerprint density at radius 3 is 2.86 bits per heavy atom. The predicted octanol–water partition coefficient (Wildman–Crippen LogP) is 2.43. The van der Waals surface area contributed by atoms with Crippen LogP contribution in [0.1, 0.15) is 21.6 Å². The van der Waals surface area contributed by atoms with Crippen LogP contribution in [-0.2, 0) is 6.54 Å². The first-order valence-electron chi connectivity index (χ1n) is 6.47. The van der Waals surface area contributed by atoms with Crippen molar-refractivity contribution in [3.8, 4) is 11.5 Å². The van der Waals surface area contributed by atoms with Crippen LogP contribution >= 0.6 is 0 Å². The molecule has 6 heteroatoms. The van der Waals surface area contributed by atoms with Crippen LogP contribution in [0.5, 0.6) is 11.5 Å². The van der Waals surface area contributed by atoms with Crippen molar-refractivity contribution >= 4 is 11.8 Å². The molecule has 21 heavy (non-hydrogen) atoms. The van der Waals surface area contributed by atoms with Gasteiger partial charge in [-0.2, -0.15) is 0 Å². The highest BCUT2D eigenvalue weighted by Crippen LogP contribution is 2.32. The number of nitrogens with one attached hydrogen (secondary N) is 1. The van der Waals surface area contributed by atoms with E-state index >= 15 is 0 Å². The maximum Gasteiger partial charge on any atom is 0.337 e. The van der Waals surface area contributed by atoms with Crippen LogP contribution in [0, 0.1) is 6.92 Å². The number of carbonyl (C=O) groups is 1. The first-order valence-corrected chi connectivity index (χ1v) is 6.47. The summed E-state index contributed by atoms with van der Waals surface area (Å²) in [7, 11) is 0. The van der Waals surface area contributed by atoms with Gasteiger partial charge in [0, 0.05) is 6.54 Å². The number of ether oxygens (including phenoxy) is 2. The van der Waals surface area contributed by atoms with E-state index in [0.29, 0.717) is 18.1 Å². The molecule has 0 atom stereocenters. The third kappa shape index (κ3) is 2.74. The molecular weight excluding hydrogens is 272 g/mol. The lowest BCUT2D eigenvalue weighted by atomic mass is 10.2. The first kappa shape index (κ1) is 13.2. The van der Waals surface area contributed by atoms with E-state index in [1.54, 1.807) is 19.1 Å². The van der Waals surface area contributed by atoms with Gasteiger partial charge in [-0.3, -0.25) is 0 Å². The molecule has 6 nitrogen and oxygen atoms in total. The Morgan fingerprint density at radius 1 is 1.29 bits per heavy atom. The Labute approximate surface area is 121 Å². The SMILES string of the molecule is Cc1nc(NCc2ccc3c(c2)OCO3)ccc1C(=O)O. The van der Waals surface area contributed by atoms with Gasteiger partial charge in [0.05, 0.1) is 11.3 Å². The zero-order valence-electron chi connectivity index (χ0n) is 11.4. The van der Waals surface area contributed by atoms with E-state index in [2.05, 4.69) is 10.3 Å². The van der Waals surface area contributed by atoms with Gasteiger partial charge < -0.3 is 19.9 Å². The Hall–Kier alpha value is -2.76. The monoisotopic (exact) mass is 286 g/mol. The normalized spacial score (nSPS) is 12.2. The van der Waals surface area contributed by atoms with Gasteiger partial charge in [-0.05, 0) is 36.8 Å². The van der Waals surface area contributed by atoms with Crippen LogP contribution in [0.25, 0.3) is 0 Å². The van der Waals surface area contributed by atoms with Gasteiger partial charge in [0.2, 0.25) is 6.79 Å². The number of rotatable bonds is 4. The topological polar surface area (TPSA) is 80.7 Å². The second-order valence-corrected chi connectivity index (χ2v) is 4.68. The predicted molar refractivity (Wildman–Crippen MR) is 75.8 cm³/mol. The maximum atomic E-state index is 10.9. The lowest BCUT2D eigenvalue weighted by molar-refractivity contribution is 0.0695. The Morgan fingerprint density at radius 2 is 2.10 bits per heavy atom. The molecule has 0 saturated heterocycles. The average Bonchev–Trinajstić information content (AvgIpc) is 2.92. The van der Waals surface area contributed by atoms with Gasteiger partial charge in [-0.15, -0.1) is 0 Å². The summed E-state index contributed by atoms with van der Waals surface area (Å²) < 4.78 is 10.6. The number of carboxylic acid groups (broad SMARTS) is 1. The molecule has 0 saturated carbocycles. The standard InChI is InChI=1S/C15H14N2O4/c1-9-11(15(18)19)3-5-14(17-9)16-7-10-2-4-12-13(6-10)21-8-20-12/h2-6H,7-8H2,1H3,(H,16,17)(H,18,19). The number of hydrogen-bond acceptors (Lipinski definition) is 5. The van der Waals surface area contributed by atoms with Crippen LogP contribution in [0.2, 0.25) is 0 Å². The first-order chi connectivity index (χ1) is 10.1. The number of pyridine rings is 1. The van der Waals surface area contributed by atoms with Crippen molar-refractivity contribution < 1.29 is 19.4 Å². The fourth-order valence-electron chi connectivity index (χ4n) is 2.13. The number of anilines is 1. The molecule has 1 aromatic heterocycles. The van der Waals surface area contributed by atoms with E-state index in [-0.39, 0.29) is 12.4 Å². The highest BCUT2D eigenvalue weighted by Gasteiger charge is 2.13. The van der Waals surface area contributed by atoms with E-state index in [0.717, 1.165) is 17.1 Å². The smallest absolute Gasteiger partial charge is 0.337 e. The van der Waals surface area contributed by atoms with Crippen molar-refractivity contribution in [2.45, 2.75) is 13.5 Å². The number of benzene rings is 1. The summed E-state index contributed by atoms with van der Waals surface area (Å²) in [5, 5.41) is 12.1. The summed E-state index contributed by atoms with van der Waals surface area (Å²) in [6.45, 7) is 2.49. The van der Waals surface area contributed by atoms with Gasteiger partial charge in [0.1, 0.15) is 5.82 Å². The Balaban J connectivity index is 1.70. The van der Waals surface area contributed by atoms with Crippen molar-refractivity contribution in [2.24, 2.45) is 0 Å². The Kier molecular flexibility index (Phi) is 3.35. The number of nitrogens with zero attached hydrogens (tertiary/aromatic N) is 1. The molecule has 108 valence electrons. The molecule has 0 radical (unpaired) electrons. The van der Waals surface area contributed by atoms with Crippen LogP contribution in [0.4, 0.5) is 5.82 Å². The number of aromatic nitrogens is 1. The summed E-state index contributed by atoms with van der Waals surface area (Å²) in [5.74, 6) is 1.15. The zero-order valence-corrected chi connectivity index (χ0v) is 11.4. The summed E-state index contributed by atoms with van der Waals surface area (Å²) in [6, 6.07) is 8.93. The molecule has 1 aliphatic heterocycles. The minimum atomic E-state index is -0.970. The fraction of sp³-hybridized carbons (Fsp3) is 0.200. The van der Waals surface area contributed by atoms with E-state index in [9.17, 15) is 4.79 Å². The fourth-order valence-corrected chi connectivity index (χ4v) is 2.13. The average molecular weight is 286 g/mol. The second kappa shape index (κ2) is 5.32. The highest BCUT2D eigenvalue weighted by molar-refractivity contribution is 5.89. The van der Waals surface area contributed by atoms with E-state index in [1.165, 1.54) is 0 Å². The second-order valence-electron chi connectivity index (χ2n) is 4.68. The number of aromatic carboxylic acids is 1. The van der Waals surface area contributed by atoms with E-state index in [4.69, 9.17) is 14.6 Å². The molecule has 1 aromatic carbocycles. The van der Waals surface area contributed by atoms with Gasteiger partial charge in [0.15, 0.2) is 11.5 Å². The van der Waals surface area contributed by atoms with Gasteiger partial charge in [-0.1, -0.05) is 6.07 Å². The molecule has 0 aliphatic carbocycles. The number of carboxylic acids is 1.